The van der Waals surface area contributed by atoms with Gasteiger partial charge in [0, 0.05) is 10.7 Å². The highest BCUT2D eigenvalue weighted by atomic mass is 79.9. The molecule has 1 aromatic carbocycles. The Balaban J connectivity index is 2.30. The Bertz CT molecular complexity index is 801. The van der Waals surface area contributed by atoms with Crippen molar-refractivity contribution in [2.24, 2.45) is 0 Å². The third kappa shape index (κ3) is 2.42. The number of hydrogen-bond donors (Lipinski definition) is 0. The van der Waals surface area contributed by atoms with Crippen LogP contribution in [0.4, 0.5) is 0 Å². The van der Waals surface area contributed by atoms with E-state index < -0.39 is 0 Å². The smallest absolute Gasteiger partial charge is 0.164 e. The van der Waals surface area contributed by atoms with Gasteiger partial charge in [0.05, 0.1) is 21.6 Å². The Morgan fingerprint density at radius 1 is 1.20 bits per heavy atom. The number of nitrogens with zero attached hydrogens (tertiary/aromatic N) is 3. The second-order valence-electron chi connectivity index (χ2n) is 4.09. The summed E-state index contributed by atoms with van der Waals surface area (Å²) in [5.41, 5.74) is 2.30. The molecule has 0 aliphatic rings. The van der Waals surface area contributed by atoms with Gasteiger partial charge in [0.2, 0.25) is 0 Å². The molecular weight excluding hydrogens is 384 g/mol. The van der Waals surface area contributed by atoms with Crippen molar-refractivity contribution in [2.45, 2.75) is 5.88 Å². The molecule has 0 amide bonds. The van der Waals surface area contributed by atoms with Gasteiger partial charge in [-0.05, 0) is 40.2 Å². The molecule has 0 radical (unpaired) electrons. The van der Waals surface area contributed by atoms with Crippen molar-refractivity contribution in [1.29, 1.82) is 0 Å². The number of pyridine rings is 1. The molecule has 0 fully saturated rings. The normalized spacial score (nSPS) is 11.2. The van der Waals surface area contributed by atoms with Gasteiger partial charge in [-0.3, -0.25) is 4.57 Å². The highest BCUT2D eigenvalue weighted by molar-refractivity contribution is 9.10. The van der Waals surface area contributed by atoms with Gasteiger partial charge in [-0.25, -0.2) is 9.97 Å². The Hall–Kier alpha value is -0.810. The zero-order chi connectivity index (χ0) is 14.3. The lowest BCUT2D eigenvalue weighted by atomic mass is 10.3. The summed E-state index contributed by atoms with van der Waals surface area (Å²) < 4.78 is 2.69. The lowest BCUT2D eigenvalue weighted by Crippen LogP contribution is -2.00. The van der Waals surface area contributed by atoms with Crippen LogP contribution in [0, 0.1) is 0 Å². The zero-order valence-corrected chi connectivity index (χ0v) is 13.8. The first-order valence-corrected chi connectivity index (χ1v) is 7.73. The van der Waals surface area contributed by atoms with E-state index in [0.717, 1.165) is 10.2 Å². The van der Waals surface area contributed by atoms with Crippen molar-refractivity contribution in [3.05, 3.63) is 50.8 Å². The summed E-state index contributed by atoms with van der Waals surface area (Å²) in [6.45, 7) is 0. The van der Waals surface area contributed by atoms with Crippen LogP contribution >= 0.6 is 50.7 Å². The average molecular weight is 391 g/mol. The summed E-state index contributed by atoms with van der Waals surface area (Å²) >= 11 is 21.4. The first kappa shape index (κ1) is 14.1. The van der Waals surface area contributed by atoms with E-state index in [9.17, 15) is 0 Å². The fourth-order valence-electron chi connectivity index (χ4n) is 1.97. The van der Waals surface area contributed by atoms with Crippen molar-refractivity contribution in [3.8, 4) is 5.69 Å². The van der Waals surface area contributed by atoms with Crippen molar-refractivity contribution >= 4 is 61.9 Å². The number of aromatic nitrogens is 3. The maximum absolute atomic E-state index is 6.02. The van der Waals surface area contributed by atoms with E-state index in [1.165, 1.54) is 0 Å². The van der Waals surface area contributed by atoms with Crippen LogP contribution in [0.2, 0.25) is 10.0 Å². The van der Waals surface area contributed by atoms with E-state index in [-0.39, 0.29) is 5.88 Å². The summed E-state index contributed by atoms with van der Waals surface area (Å²) in [5.74, 6) is 0.972. The highest BCUT2D eigenvalue weighted by Gasteiger charge is 2.14. The summed E-state index contributed by atoms with van der Waals surface area (Å²) in [6, 6.07) is 7.36. The topological polar surface area (TPSA) is 30.7 Å². The standard InChI is InChI=1S/C13H7BrCl3N3/c14-9-4-8(1-2-10(9)17)20-12(5-15)19-11-3-7(16)6-18-13(11)20/h1-4,6H,5H2. The van der Waals surface area contributed by atoms with Crippen LogP contribution in [0.5, 0.6) is 0 Å². The summed E-state index contributed by atoms with van der Waals surface area (Å²) in [4.78, 5) is 8.80. The second-order valence-corrected chi connectivity index (χ2v) is 6.06. The first-order chi connectivity index (χ1) is 9.60. The lowest BCUT2D eigenvalue weighted by molar-refractivity contribution is 0.969. The van der Waals surface area contributed by atoms with Crippen LogP contribution in [0.15, 0.2) is 34.9 Å². The summed E-state index contributed by atoms with van der Waals surface area (Å²) in [7, 11) is 0. The van der Waals surface area contributed by atoms with E-state index in [1.54, 1.807) is 18.3 Å². The fourth-order valence-corrected chi connectivity index (χ4v) is 2.79. The predicted octanol–water partition coefficient (Wildman–Crippen LogP) is 5.23. The van der Waals surface area contributed by atoms with E-state index >= 15 is 0 Å². The van der Waals surface area contributed by atoms with Crippen molar-refractivity contribution in [2.75, 3.05) is 0 Å². The van der Waals surface area contributed by atoms with Crippen LogP contribution in [0.25, 0.3) is 16.9 Å². The second kappa shape index (κ2) is 5.53. The number of imidazole rings is 1. The van der Waals surface area contributed by atoms with Gasteiger partial charge >= 0.3 is 0 Å². The van der Waals surface area contributed by atoms with Crippen LogP contribution in [0.3, 0.4) is 0 Å². The number of halogens is 4. The number of fused-ring (bicyclic) bond motifs is 1. The molecule has 102 valence electrons. The van der Waals surface area contributed by atoms with E-state index in [4.69, 9.17) is 34.8 Å². The molecule has 7 heteroatoms. The molecule has 0 aliphatic heterocycles. The Morgan fingerprint density at radius 2 is 2.00 bits per heavy atom. The van der Waals surface area contributed by atoms with E-state index in [2.05, 4.69) is 25.9 Å². The molecular formula is C13H7BrCl3N3. The van der Waals surface area contributed by atoms with Crippen LogP contribution in [-0.2, 0) is 5.88 Å². The summed E-state index contributed by atoms with van der Waals surface area (Å²) in [6.07, 6.45) is 1.59. The molecule has 0 unspecified atom stereocenters. The fraction of sp³-hybridized carbons (Fsp3) is 0.0769. The van der Waals surface area contributed by atoms with Crippen molar-refractivity contribution in [1.82, 2.24) is 14.5 Å². The first-order valence-electron chi connectivity index (χ1n) is 5.64. The number of hydrogen-bond acceptors (Lipinski definition) is 2. The van der Waals surface area contributed by atoms with Gasteiger partial charge in [0.25, 0.3) is 0 Å². The molecule has 2 aromatic heterocycles. The maximum Gasteiger partial charge on any atom is 0.164 e. The number of rotatable bonds is 2. The molecule has 0 N–H and O–H groups in total. The maximum atomic E-state index is 6.02. The number of alkyl halides is 1. The molecule has 0 bridgehead atoms. The molecule has 0 saturated carbocycles. The summed E-state index contributed by atoms with van der Waals surface area (Å²) in [5, 5.41) is 1.18. The molecule has 3 nitrogen and oxygen atoms in total. The van der Waals surface area contributed by atoms with Gasteiger partial charge in [-0.1, -0.05) is 23.2 Å². The highest BCUT2D eigenvalue weighted by Crippen LogP contribution is 2.28. The molecule has 20 heavy (non-hydrogen) atoms. The minimum absolute atomic E-state index is 0.272. The van der Waals surface area contributed by atoms with Crippen LogP contribution in [-0.4, -0.2) is 14.5 Å². The minimum atomic E-state index is 0.272. The lowest BCUT2D eigenvalue weighted by Gasteiger charge is -2.08. The van der Waals surface area contributed by atoms with Crippen LogP contribution < -0.4 is 0 Å². The van der Waals surface area contributed by atoms with Gasteiger partial charge in [-0.2, -0.15) is 0 Å². The van der Waals surface area contributed by atoms with Crippen molar-refractivity contribution < 1.29 is 0 Å². The molecule has 3 aromatic rings. The van der Waals surface area contributed by atoms with Crippen LogP contribution in [0.1, 0.15) is 5.82 Å². The molecule has 0 atom stereocenters. The molecule has 0 saturated heterocycles. The Morgan fingerprint density at radius 3 is 2.70 bits per heavy atom. The Labute approximate surface area is 138 Å². The van der Waals surface area contributed by atoms with Crippen molar-refractivity contribution in [3.63, 3.8) is 0 Å². The van der Waals surface area contributed by atoms with Gasteiger partial charge < -0.3 is 0 Å². The Kier molecular flexibility index (Phi) is 3.91. The predicted molar refractivity (Wildman–Crippen MR) is 86.1 cm³/mol. The third-order valence-corrected chi connectivity index (χ3v) is 4.47. The van der Waals surface area contributed by atoms with E-state index in [1.807, 2.05) is 16.7 Å². The zero-order valence-electron chi connectivity index (χ0n) is 9.95. The quantitative estimate of drug-likeness (QED) is 0.560. The van der Waals surface area contributed by atoms with E-state index in [0.29, 0.717) is 27.0 Å². The van der Waals surface area contributed by atoms with Gasteiger partial charge in [-0.15, -0.1) is 11.6 Å². The average Bonchev–Trinajstić information content (AvgIpc) is 2.79. The SMILES string of the molecule is ClCc1nc2cc(Cl)cnc2n1-c1ccc(Cl)c(Br)c1. The molecule has 0 spiro atoms. The minimum Gasteiger partial charge on any atom is -0.280 e. The third-order valence-electron chi connectivity index (χ3n) is 2.81. The van der Waals surface area contributed by atoms with Gasteiger partial charge in [0.1, 0.15) is 11.3 Å². The molecule has 2 heterocycles. The largest absolute Gasteiger partial charge is 0.280 e. The molecule has 0 aliphatic carbocycles. The molecule has 3 rings (SSSR count). The monoisotopic (exact) mass is 389 g/mol. The van der Waals surface area contributed by atoms with Gasteiger partial charge in [0.15, 0.2) is 5.65 Å². The number of benzene rings is 1.